The topological polar surface area (TPSA) is 75.7 Å². The normalized spacial score (nSPS) is 17.6. The predicted molar refractivity (Wildman–Crippen MR) is 102 cm³/mol. The van der Waals surface area contributed by atoms with E-state index >= 15 is 0 Å². The second kappa shape index (κ2) is 7.38. The minimum Gasteiger partial charge on any atom is -0.495 e. The van der Waals surface area contributed by atoms with Crippen LogP contribution in [-0.2, 0) is 21.2 Å². The molecule has 0 radical (unpaired) electrons. The average Bonchev–Trinajstić information content (AvgIpc) is 3.09. The molecule has 0 saturated heterocycles. The zero-order chi connectivity index (χ0) is 18.9. The molecule has 0 fully saturated rings. The second-order valence-corrected chi connectivity index (χ2v) is 9.02. The van der Waals surface area contributed by atoms with Gasteiger partial charge in [0.05, 0.1) is 23.7 Å². The van der Waals surface area contributed by atoms with Gasteiger partial charge in [0.15, 0.2) is 0 Å². The summed E-state index contributed by atoms with van der Waals surface area (Å²) in [4.78, 5) is 12.8. The van der Waals surface area contributed by atoms with Crippen molar-refractivity contribution in [2.24, 2.45) is 0 Å². The van der Waals surface area contributed by atoms with Crippen molar-refractivity contribution in [2.45, 2.75) is 37.6 Å². The van der Waals surface area contributed by atoms with Gasteiger partial charge in [-0.05, 0) is 48.1 Å². The number of hydrogen-bond donors (Lipinski definition) is 1. The van der Waals surface area contributed by atoms with Gasteiger partial charge in [0.2, 0.25) is 15.9 Å². The number of hydrogen-bond acceptors (Lipinski definition) is 5. The first-order valence-electron chi connectivity index (χ1n) is 8.42. The molecule has 0 spiro atoms. The molecule has 2 aromatic rings. The highest BCUT2D eigenvalue weighted by Gasteiger charge is 2.36. The number of benzene rings is 1. The molecule has 2 heterocycles. The molecule has 1 N–H and O–H groups in total. The quantitative estimate of drug-likeness (QED) is 0.843. The first-order chi connectivity index (χ1) is 12.4. The fraction of sp³-hybridized carbons (Fsp3) is 0.389. The third-order valence-electron chi connectivity index (χ3n) is 4.52. The fourth-order valence-electron chi connectivity index (χ4n) is 3.35. The smallest absolute Gasteiger partial charge is 0.243 e. The van der Waals surface area contributed by atoms with E-state index in [4.69, 9.17) is 4.74 Å². The maximum atomic E-state index is 13.3. The van der Waals surface area contributed by atoms with Crippen molar-refractivity contribution in [3.8, 4) is 5.75 Å². The van der Waals surface area contributed by atoms with Crippen molar-refractivity contribution >= 4 is 33.0 Å². The van der Waals surface area contributed by atoms with Crippen molar-refractivity contribution < 1.29 is 17.9 Å². The van der Waals surface area contributed by atoms with Gasteiger partial charge >= 0.3 is 0 Å². The molecule has 26 heavy (non-hydrogen) atoms. The van der Waals surface area contributed by atoms with Crippen LogP contribution >= 0.6 is 11.3 Å². The number of thiophene rings is 1. The van der Waals surface area contributed by atoms with Crippen molar-refractivity contribution in [1.29, 1.82) is 0 Å². The third kappa shape index (κ3) is 3.36. The van der Waals surface area contributed by atoms with Gasteiger partial charge in [-0.2, -0.15) is 4.31 Å². The maximum Gasteiger partial charge on any atom is 0.243 e. The summed E-state index contributed by atoms with van der Waals surface area (Å²) in [5.41, 5.74) is 1.45. The summed E-state index contributed by atoms with van der Waals surface area (Å²) < 4.78 is 33.4. The second-order valence-electron chi connectivity index (χ2n) is 6.13. The monoisotopic (exact) mass is 394 g/mol. The molecule has 1 aromatic carbocycles. The molecule has 1 aliphatic heterocycles. The highest BCUT2D eigenvalue weighted by Crippen LogP contribution is 2.39. The van der Waals surface area contributed by atoms with Crippen LogP contribution in [-0.4, -0.2) is 32.3 Å². The molecule has 0 aliphatic carbocycles. The molecule has 1 amide bonds. The van der Waals surface area contributed by atoms with Crippen LogP contribution < -0.4 is 10.1 Å². The van der Waals surface area contributed by atoms with Gasteiger partial charge in [-0.25, -0.2) is 8.42 Å². The Kier molecular flexibility index (Phi) is 5.36. The Bertz CT molecular complexity index is 921. The lowest BCUT2D eigenvalue weighted by atomic mass is 10.0. The Balaban J connectivity index is 2.01. The number of nitrogens with one attached hydrogen (secondary N) is 1. The standard InChI is InChI=1S/C18H22N2O4S2/c1-4-16-14-8-10-25-18(14)7-9-20(16)26(22,23)13-5-6-17(24-3)15(11-13)19-12(2)21/h5-6,8,10-11,16H,4,7,9H2,1-3H3,(H,19,21)/t16-/m1/s1. The molecule has 8 heteroatoms. The Hall–Kier alpha value is -1.90. The van der Waals surface area contributed by atoms with Crippen LogP contribution in [0, 0.1) is 0 Å². The molecule has 1 aromatic heterocycles. The Labute approximate surface area is 157 Å². The van der Waals surface area contributed by atoms with Gasteiger partial charge in [-0.1, -0.05) is 6.92 Å². The van der Waals surface area contributed by atoms with Gasteiger partial charge in [0, 0.05) is 18.3 Å². The Morgan fingerprint density at radius 1 is 1.38 bits per heavy atom. The number of anilines is 1. The van der Waals surface area contributed by atoms with E-state index in [-0.39, 0.29) is 16.8 Å². The van der Waals surface area contributed by atoms with E-state index in [1.165, 1.54) is 31.0 Å². The summed E-state index contributed by atoms with van der Waals surface area (Å²) in [6.45, 7) is 3.82. The van der Waals surface area contributed by atoms with Crippen LogP contribution in [0.1, 0.15) is 36.8 Å². The van der Waals surface area contributed by atoms with Gasteiger partial charge in [0.25, 0.3) is 0 Å². The number of amides is 1. The summed E-state index contributed by atoms with van der Waals surface area (Å²) >= 11 is 1.68. The lowest BCUT2D eigenvalue weighted by Gasteiger charge is -2.34. The van der Waals surface area contributed by atoms with Crippen LogP contribution in [0.3, 0.4) is 0 Å². The summed E-state index contributed by atoms with van der Waals surface area (Å²) in [7, 11) is -2.22. The van der Waals surface area contributed by atoms with E-state index in [9.17, 15) is 13.2 Å². The van der Waals surface area contributed by atoms with E-state index in [2.05, 4.69) is 5.32 Å². The van der Waals surface area contributed by atoms with Crippen molar-refractivity contribution in [3.05, 3.63) is 40.1 Å². The number of methoxy groups -OCH3 is 1. The highest BCUT2D eigenvalue weighted by molar-refractivity contribution is 7.89. The third-order valence-corrected chi connectivity index (χ3v) is 7.42. The number of sulfonamides is 1. The van der Waals surface area contributed by atoms with E-state index in [0.29, 0.717) is 24.4 Å². The van der Waals surface area contributed by atoms with Gasteiger partial charge in [0.1, 0.15) is 5.75 Å². The SMILES string of the molecule is CC[C@@H]1c2ccsc2CCN1S(=O)(=O)c1ccc(OC)c(NC(C)=O)c1. The maximum absolute atomic E-state index is 13.3. The first kappa shape index (κ1) is 18.9. The summed E-state index contributed by atoms with van der Waals surface area (Å²) in [6, 6.07) is 6.41. The Morgan fingerprint density at radius 2 is 2.15 bits per heavy atom. The molecule has 140 valence electrons. The summed E-state index contributed by atoms with van der Waals surface area (Å²) in [5.74, 6) is 0.134. The molecule has 3 rings (SSSR count). The molecular formula is C18H22N2O4S2. The average molecular weight is 395 g/mol. The number of rotatable bonds is 5. The highest BCUT2D eigenvalue weighted by atomic mass is 32.2. The zero-order valence-electron chi connectivity index (χ0n) is 15.0. The van der Waals surface area contributed by atoms with Gasteiger partial charge < -0.3 is 10.1 Å². The van der Waals surface area contributed by atoms with Crippen LogP contribution in [0.4, 0.5) is 5.69 Å². The van der Waals surface area contributed by atoms with Gasteiger partial charge in [-0.3, -0.25) is 4.79 Å². The summed E-state index contributed by atoms with van der Waals surface area (Å²) in [5, 5.41) is 4.65. The van der Waals surface area contributed by atoms with Crippen molar-refractivity contribution in [3.63, 3.8) is 0 Å². The number of nitrogens with zero attached hydrogens (tertiary/aromatic N) is 1. The Morgan fingerprint density at radius 3 is 2.81 bits per heavy atom. The number of carbonyl (C=O) groups excluding carboxylic acids is 1. The van der Waals surface area contributed by atoms with E-state index in [1.807, 2.05) is 18.4 Å². The number of carbonyl (C=O) groups is 1. The van der Waals surface area contributed by atoms with Crippen LogP contribution in [0.2, 0.25) is 0 Å². The molecule has 0 unspecified atom stereocenters. The molecule has 0 bridgehead atoms. The lowest BCUT2D eigenvalue weighted by molar-refractivity contribution is -0.114. The summed E-state index contributed by atoms with van der Waals surface area (Å²) in [6.07, 6.45) is 1.43. The molecule has 1 atom stereocenters. The van der Waals surface area contributed by atoms with E-state index < -0.39 is 10.0 Å². The molecule has 6 nitrogen and oxygen atoms in total. The zero-order valence-corrected chi connectivity index (χ0v) is 16.6. The van der Waals surface area contributed by atoms with Crippen LogP contribution in [0.15, 0.2) is 34.5 Å². The van der Waals surface area contributed by atoms with E-state index in [0.717, 1.165) is 12.0 Å². The van der Waals surface area contributed by atoms with Crippen LogP contribution in [0.5, 0.6) is 5.75 Å². The van der Waals surface area contributed by atoms with E-state index in [1.54, 1.807) is 21.7 Å². The minimum absolute atomic E-state index is 0.152. The lowest BCUT2D eigenvalue weighted by Crippen LogP contribution is -2.39. The fourth-order valence-corrected chi connectivity index (χ4v) is 5.99. The number of ether oxygens (including phenoxy) is 1. The predicted octanol–water partition coefficient (Wildman–Crippen LogP) is 3.41. The van der Waals surface area contributed by atoms with Crippen molar-refractivity contribution in [1.82, 2.24) is 4.31 Å². The number of fused-ring (bicyclic) bond motifs is 1. The van der Waals surface area contributed by atoms with Crippen LogP contribution in [0.25, 0.3) is 0 Å². The molecule has 0 saturated carbocycles. The van der Waals surface area contributed by atoms with Crippen molar-refractivity contribution in [2.75, 3.05) is 19.0 Å². The minimum atomic E-state index is -3.70. The van der Waals surface area contributed by atoms with Gasteiger partial charge in [-0.15, -0.1) is 11.3 Å². The molecule has 1 aliphatic rings. The largest absolute Gasteiger partial charge is 0.495 e. The molecular weight excluding hydrogens is 372 g/mol. The first-order valence-corrected chi connectivity index (χ1v) is 10.7.